The van der Waals surface area contributed by atoms with E-state index in [1.165, 1.54) is 25.1 Å². The molecule has 2 rings (SSSR count). The standard InChI is InChI=1S/C12H12FNO5S/c1-2-20(17,18)14-12-10(16)9(15)11(19-12)7-5-3-4-6-8(7)13/h3-6,14-16H,2H2,1H3. The molecule has 1 aromatic heterocycles. The lowest BCUT2D eigenvalue weighted by molar-refractivity contribution is 0.410. The van der Waals surface area contributed by atoms with Gasteiger partial charge in [0.1, 0.15) is 5.82 Å². The summed E-state index contributed by atoms with van der Waals surface area (Å²) in [5.74, 6) is -3.36. The zero-order valence-electron chi connectivity index (χ0n) is 10.4. The number of aromatic hydroxyl groups is 2. The number of hydrogen-bond acceptors (Lipinski definition) is 5. The maximum absolute atomic E-state index is 13.6. The average Bonchev–Trinajstić information content (AvgIpc) is 2.67. The Morgan fingerprint density at radius 2 is 1.90 bits per heavy atom. The Kier molecular flexibility index (Phi) is 3.58. The van der Waals surface area contributed by atoms with Crippen LogP contribution in [0.15, 0.2) is 28.7 Å². The summed E-state index contributed by atoms with van der Waals surface area (Å²) in [6.07, 6.45) is 0. The van der Waals surface area contributed by atoms with Crippen molar-refractivity contribution in [3.8, 4) is 22.8 Å². The number of benzene rings is 1. The normalized spacial score (nSPS) is 11.5. The van der Waals surface area contributed by atoms with Crippen LogP contribution in [0.4, 0.5) is 10.3 Å². The van der Waals surface area contributed by atoms with Crippen molar-refractivity contribution in [3.63, 3.8) is 0 Å². The van der Waals surface area contributed by atoms with Crippen molar-refractivity contribution in [2.45, 2.75) is 6.92 Å². The van der Waals surface area contributed by atoms with E-state index in [0.29, 0.717) is 0 Å². The van der Waals surface area contributed by atoms with E-state index in [4.69, 9.17) is 4.42 Å². The molecule has 3 N–H and O–H groups in total. The highest BCUT2D eigenvalue weighted by atomic mass is 32.2. The zero-order chi connectivity index (χ0) is 14.9. The maximum atomic E-state index is 13.6. The van der Waals surface area contributed by atoms with Crippen LogP contribution in [0.1, 0.15) is 6.92 Å². The molecule has 0 unspecified atom stereocenters. The van der Waals surface area contributed by atoms with E-state index in [0.717, 1.165) is 6.07 Å². The Morgan fingerprint density at radius 1 is 1.25 bits per heavy atom. The molecular weight excluding hydrogens is 289 g/mol. The van der Waals surface area contributed by atoms with Crippen LogP contribution < -0.4 is 4.72 Å². The summed E-state index contributed by atoms with van der Waals surface area (Å²) in [6.45, 7) is 1.39. The lowest BCUT2D eigenvalue weighted by Crippen LogP contribution is -2.14. The molecule has 0 aliphatic heterocycles. The van der Waals surface area contributed by atoms with Gasteiger partial charge in [0, 0.05) is 0 Å². The van der Waals surface area contributed by atoms with Gasteiger partial charge in [0.05, 0.1) is 11.3 Å². The Labute approximate surface area is 114 Å². The van der Waals surface area contributed by atoms with E-state index < -0.39 is 33.2 Å². The fraction of sp³-hybridized carbons (Fsp3) is 0.167. The molecule has 0 atom stereocenters. The summed E-state index contributed by atoms with van der Waals surface area (Å²) in [5.41, 5.74) is -0.0951. The molecule has 0 radical (unpaired) electrons. The Hall–Kier alpha value is -2.22. The van der Waals surface area contributed by atoms with Crippen LogP contribution in [-0.2, 0) is 10.0 Å². The summed E-state index contributed by atoms with van der Waals surface area (Å²) in [5, 5.41) is 19.4. The summed E-state index contributed by atoms with van der Waals surface area (Å²) in [7, 11) is -3.70. The van der Waals surface area contributed by atoms with Crippen molar-refractivity contribution in [2.75, 3.05) is 10.5 Å². The second-order valence-electron chi connectivity index (χ2n) is 3.94. The third-order valence-corrected chi connectivity index (χ3v) is 3.86. The summed E-state index contributed by atoms with van der Waals surface area (Å²) < 4.78 is 43.4. The summed E-state index contributed by atoms with van der Waals surface area (Å²) in [4.78, 5) is 0. The third kappa shape index (κ3) is 2.55. The number of hydrogen-bond donors (Lipinski definition) is 3. The number of rotatable bonds is 4. The Balaban J connectivity index is 2.51. The van der Waals surface area contributed by atoms with Gasteiger partial charge in [-0.05, 0) is 19.1 Å². The SMILES string of the molecule is CCS(=O)(=O)Nc1oc(-c2ccccc2F)c(O)c1O. The summed E-state index contributed by atoms with van der Waals surface area (Å²) >= 11 is 0. The number of sulfonamides is 1. The number of nitrogens with one attached hydrogen (secondary N) is 1. The van der Waals surface area contributed by atoms with Crippen LogP contribution >= 0.6 is 0 Å². The van der Waals surface area contributed by atoms with Crippen molar-refractivity contribution < 1.29 is 27.4 Å². The van der Waals surface area contributed by atoms with E-state index in [9.17, 15) is 23.0 Å². The molecular formula is C12H12FNO5S. The molecule has 0 spiro atoms. The molecule has 108 valence electrons. The first-order valence-corrected chi connectivity index (χ1v) is 7.31. The third-order valence-electron chi connectivity index (χ3n) is 2.61. The van der Waals surface area contributed by atoms with Crippen molar-refractivity contribution in [2.24, 2.45) is 0 Å². The van der Waals surface area contributed by atoms with E-state index in [2.05, 4.69) is 0 Å². The number of anilines is 1. The smallest absolute Gasteiger partial charge is 0.253 e. The lowest BCUT2D eigenvalue weighted by Gasteiger charge is -2.02. The quantitative estimate of drug-likeness (QED) is 0.804. The highest BCUT2D eigenvalue weighted by Gasteiger charge is 2.24. The minimum atomic E-state index is -3.70. The van der Waals surface area contributed by atoms with Gasteiger partial charge in [-0.1, -0.05) is 12.1 Å². The molecule has 0 saturated heterocycles. The minimum absolute atomic E-state index is 0.0951. The highest BCUT2D eigenvalue weighted by Crippen LogP contribution is 2.45. The van der Waals surface area contributed by atoms with Crippen LogP contribution in [0.3, 0.4) is 0 Å². The zero-order valence-corrected chi connectivity index (χ0v) is 11.2. The number of halogens is 1. The summed E-state index contributed by atoms with van der Waals surface area (Å²) in [6, 6.07) is 5.42. The minimum Gasteiger partial charge on any atom is -0.502 e. The molecule has 2 aromatic rings. The van der Waals surface area contributed by atoms with E-state index >= 15 is 0 Å². The van der Waals surface area contributed by atoms with Gasteiger partial charge in [-0.2, -0.15) is 0 Å². The van der Waals surface area contributed by atoms with Gasteiger partial charge in [-0.25, -0.2) is 17.5 Å². The molecule has 0 saturated carbocycles. The molecule has 1 aromatic carbocycles. The molecule has 0 fully saturated rings. The predicted molar refractivity (Wildman–Crippen MR) is 70.5 cm³/mol. The van der Waals surface area contributed by atoms with Crippen molar-refractivity contribution in [1.29, 1.82) is 0 Å². The van der Waals surface area contributed by atoms with Crippen LogP contribution in [0, 0.1) is 5.82 Å². The molecule has 20 heavy (non-hydrogen) atoms. The second kappa shape index (κ2) is 5.04. The molecule has 0 amide bonds. The number of furan rings is 1. The monoisotopic (exact) mass is 301 g/mol. The molecule has 6 nitrogen and oxygen atoms in total. The Bertz CT molecular complexity index is 738. The van der Waals surface area contributed by atoms with Gasteiger partial charge >= 0.3 is 0 Å². The first-order valence-electron chi connectivity index (χ1n) is 5.66. The van der Waals surface area contributed by atoms with Gasteiger partial charge in [0.25, 0.3) is 5.88 Å². The topological polar surface area (TPSA) is 99.8 Å². The molecule has 8 heteroatoms. The average molecular weight is 301 g/mol. The largest absolute Gasteiger partial charge is 0.502 e. The molecule has 0 aliphatic carbocycles. The van der Waals surface area contributed by atoms with E-state index in [1.807, 2.05) is 4.72 Å². The van der Waals surface area contributed by atoms with E-state index in [1.54, 1.807) is 0 Å². The Morgan fingerprint density at radius 3 is 2.50 bits per heavy atom. The molecule has 0 bridgehead atoms. The fourth-order valence-corrected chi connectivity index (χ4v) is 2.09. The van der Waals surface area contributed by atoms with Gasteiger partial charge in [-0.15, -0.1) is 0 Å². The van der Waals surface area contributed by atoms with Gasteiger partial charge in [-0.3, -0.25) is 0 Å². The van der Waals surface area contributed by atoms with Crippen molar-refractivity contribution >= 4 is 15.9 Å². The van der Waals surface area contributed by atoms with Gasteiger partial charge in [0.2, 0.25) is 21.5 Å². The van der Waals surface area contributed by atoms with Gasteiger partial charge in [0.15, 0.2) is 5.76 Å². The van der Waals surface area contributed by atoms with E-state index in [-0.39, 0.29) is 17.1 Å². The second-order valence-corrected chi connectivity index (χ2v) is 5.95. The highest BCUT2D eigenvalue weighted by molar-refractivity contribution is 7.92. The first kappa shape index (κ1) is 14.2. The molecule has 1 heterocycles. The first-order chi connectivity index (χ1) is 9.35. The lowest BCUT2D eigenvalue weighted by atomic mass is 10.1. The van der Waals surface area contributed by atoms with Crippen molar-refractivity contribution in [1.82, 2.24) is 0 Å². The van der Waals surface area contributed by atoms with Crippen LogP contribution in [-0.4, -0.2) is 24.4 Å². The fourth-order valence-electron chi connectivity index (χ4n) is 1.52. The predicted octanol–water partition coefficient (Wildman–Crippen LogP) is 2.26. The van der Waals surface area contributed by atoms with Crippen LogP contribution in [0.2, 0.25) is 0 Å². The van der Waals surface area contributed by atoms with Crippen LogP contribution in [0.5, 0.6) is 11.5 Å². The van der Waals surface area contributed by atoms with Crippen LogP contribution in [0.25, 0.3) is 11.3 Å². The van der Waals surface area contributed by atoms with Gasteiger partial charge < -0.3 is 14.6 Å². The maximum Gasteiger partial charge on any atom is 0.253 e. The molecule has 0 aliphatic rings. The van der Waals surface area contributed by atoms with Crippen molar-refractivity contribution in [3.05, 3.63) is 30.1 Å².